The minimum atomic E-state index is 0.346. The average Bonchev–Trinajstić information content (AvgIpc) is 2.17. The summed E-state index contributed by atoms with van der Waals surface area (Å²) in [5, 5.41) is 0. The number of benzene rings is 1. The monoisotopic (exact) mass is 328 g/mol. The second-order valence-electron chi connectivity index (χ2n) is 6.41. The lowest BCUT2D eigenvalue weighted by molar-refractivity contribution is 0.331. The van der Waals surface area contributed by atoms with Crippen molar-refractivity contribution < 1.29 is 0 Å². The van der Waals surface area contributed by atoms with Gasteiger partial charge in [0.15, 0.2) is 0 Å². The minimum Gasteiger partial charge on any atom is -0.0558 e. The van der Waals surface area contributed by atoms with Crippen molar-refractivity contribution in [2.75, 3.05) is 0 Å². The van der Waals surface area contributed by atoms with Crippen molar-refractivity contribution in [1.29, 1.82) is 0 Å². The Kier molecular flexibility index (Phi) is 2.89. The third-order valence-corrected chi connectivity index (χ3v) is 5.29. The lowest BCUT2D eigenvalue weighted by Gasteiger charge is -2.42. The van der Waals surface area contributed by atoms with Gasteiger partial charge < -0.3 is 0 Å². The minimum absolute atomic E-state index is 0.346. The third kappa shape index (κ3) is 1.92. The lowest BCUT2D eigenvalue weighted by Crippen LogP contribution is -2.34. The first-order valence-electron chi connectivity index (χ1n) is 6.05. The van der Waals surface area contributed by atoms with Crippen LogP contribution >= 0.6 is 22.6 Å². The van der Waals surface area contributed by atoms with Crippen molar-refractivity contribution in [3.8, 4) is 0 Å². The van der Waals surface area contributed by atoms with Crippen LogP contribution in [0.1, 0.15) is 57.2 Å². The van der Waals surface area contributed by atoms with Gasteiger partial charge in [-0.2, -0.15) is 0 Å². The zero-order valence-electron chi connectivity index (χ0n) is 10.9. The van der Waals surface area contributed by atoms with Crippen LogP contribution < -0.4 is 0 Å². The van der Waals surface area contributed by atoms with Gasteiger partial charge in [0.2, 0.25) is 0 Å². The van der Waals surface area contributed by atoms with E-state index in [1.54, 1.807) is 11.1 Å². The van der Waals surface area contributed by atoms with E-state index < -0.39 is 0 Å². The normalized spacial score (nSPS) is 21.6. The van der Waals surface area contributed by atoms with E-state index in [0.717, 1.165) is 0 Å². The molecule has 0 fully saturated rings. The molecule has 0 unspecified atom stereocenters. The summed E-state index contributed by atoms with van der Waals surface area (Å²) in [6, 6.07) is 4.82. The largest absolute Gasteiger partial charge is 0.0558 e. The van der Waals surface area contributed by atoms with E-state index >= 15 is 0 Å². The van der Waals surface area contributed by atoms with Crippen LogP contribution in [0.25, 0.3) is 0 Å². The topological polar surface area (TPSA) is 0 Å². The Morgan fingerprint density at radius 1 is 0.938 bits per heavy atom. The van der Waals surface area contributed by atoms with Crippen LogP contribution in [-0.4, -0.2) is 0 Å². The molecule has 1 aliphatic carbocycles. The Morgan fingerprint density at radius 3 is 1.88 bits per heavy atom. The molecule has 0 amide bonds. The fourth-order valence-electron chi connectivity index (χ4n) is 2.70. The molecule has 0 N–H and O–H groups in total. The summed E-state index contributed by atoms with van der Waals surface area (Å²) in [7, 11) is 0. The predicted molar refractivity (Wildman–Crippen MR) is 79.2 cm³/mol. The molecule has 0 saturated heterocycles. The molecule has 0 nitrogen and oxygen atoms in total. The van der Waals surface area contributed by atoms with E-state index in [1.165, 1.54) is 22.0 Å². The highest BCUT2D eigenvalue weighted by atomic mass is 127. The van der Waals surface area contributed by atoms with Crippen molar-refractivity contribution >= 4 is 22.6 Å². The Morgan fingerprint density at radius 2 is 1.38 bits per heavy atom. The highest BCUT2D eigenvalue weighted by molar-refractivity contribution is 14.1. The maximum Gasteiger partial charge on any atom is 0.0162 e. The molecular formula is C15H21I. The first-order chi connectivity index (χ1) is 7.24. The first kappa shape index (κ1) is 12.4. The fourth-order valence-corrected chi connectivity index (χ4v) is 3.16. The molecule has 0 saturated carbocycles. The Labute approximate surface area is 113 Å². The molecule has 2 rings (SSSR count). The molecule has 1 aromatic rings. The van der Waals surface area contributed by atoms with Crippen molar-refractivity contribution in [3.63, 3.8) is 0 Å². The molecule has 0 aliphatic heterocycles. The standard InChI is InChI=1S/C15H21I/c1-10-8-11-12(9-13(10)16)15(4,5)7-6-14(11,2)3/h8-9H,6-7H2,1-5H3. The van der Waals surface area contributed by atoms with Crippen LogP contribution in [0, 0.1) is 10.5 Å². The highest BCUT2D eigenvalue weighted by Crippen LogP contribution is 2.46. The van der Waals surface area contributed by atoms with Gasteiger partial charge in [0.25, 0.3) is 0 Å². The maximum atomic E-state index is 2.46. The van der Waals surface area contributed by atoms with Crippen LogP contribution in [0.2, 0.25) is 0 Å². The van der Waals surface area contributed by atoms with Crippen LogP contribution in [-0.2, 0) is 10.8 Å². The summed E-state index contributed by atoms with van der Waals surface area (Å²) in [5.41, 5.74) is 5.25. The molecule has 0 atom stereocenters. The van der Waals surface area contributed by atoms with Crippen molar-refractivity contribution in [3.05, 3.63) is 32.4 Å². The van der Waals surface area contributed by atoms with Crippen molar-refractivity contribution in [2.45, 2.75) is 58.3 Å². The van der Waals surface area contributed by atoms with Gasteiger partial charge in [-0.15, -0.1) is 0 Å². The molecule has 1 aliphatic rings. The second-order valence-corrected chi connectivity index (χ2v) is 7.58. The molecule has 1 heteroatoms. The van der Waals surface area contributed by atoms with Crippen LogP contribution in [0.4, 0.5) is 0 Å². The van der Waals surface area contributed by atoms with E-state index in [1.807, 2.05) is 0 Å². The van der Waals surface area contributed by atoms with E-state index in [0.29, 0.717) is 10.8 Å². The maximum absolute atomic E-state index is 2.46. The van der Waals surface area contributed by atoms with Gasteiger partial charge in [-0.1, -0.05) is 33.8 Å². The number of hydrogen-bond donors (Lipinski definition) is 0. The van der Waals surface area contributed by atoms with Gasteiger partial charge in [-0.25, -0.2) is 0 Å². The Balaban J connectivity index is 2.70. The summed E-state index contributed by atoms with van der Waals surface area (Å²) in [6.45, 7) is 11.7. The van der Waals surface area contributed by atoms with Gasteiger partial charge in [-0.05, 0) is 75.9 Å². The number of halogens is 1. The zero-order chi connectivity index (χ0) is 12.1. The van der Waals surface area contributed by atoms with Crippen LogP contribution in [0.3, 0.4) is 0 Å². The summed E-state index contributed by atoms with van der Waals surface area (Å²) in [4.78, 5) is 0. The van der Waals surface area contributed by atoms with Crippen molar-refractivity contribution in [1.82, 2.24) is 0 Å². The molecular weight excluding hydrogens is 307 g/mol. The van der Waals surface area contributed by atoms with Gasteiger partial charge in [-0.3, -0.25) is 0 Å². The lowest BCUT2D eigenvalue weighted by atomic mass is 9.63. The molecule has 0 bridgehead atoms. The Hall–Kier alpha value is -0.0500. The summed E-state index contributed by atoms with van der Waals surface area (Å²) >= 11 is 2.46. The molecule has 16 heavy (non-hydrogen) atoms. The highest BCUT2D eigenvalue weighted by Gasteiger charge is 2.37. The molecule has 1 aromatic carbocycles. The van der Waals surface area contributed by atoms with Gasteiger partial charge in [0, 0.05) is 3.57 Å². The summed E-state index contributed by atoms with van der Waals surface area (Å²) in [6.07, 6.45) is 2.60. The summed E-state index contributed by atoms with van der Waals surface area (Å²) < 4.78 is 1.40. The second kappa shape index (κ2) is 3.72. The van der Waals surface area contributed by atoms with Gasteiger partial charge in [0.1, 0.15) is 0 Å². The Bertz CT molecular complexity index is 386. The van der Waals surface area contributed by atoms with E-state index in [2.05, 4.69) is 69.3 Å². The predicted octanol–water partition coefficient (Wildman–Crippen LogP) is 4.95. The first-order valence-corrected chi connectivity index (χ1v) is 7.13. The molecule has 0 spiro atoms. The quantitative estimate of drug-likeness (QED) is 0.591. The van der Waals surface area contributed by atoms with Gasteiger partial charge in [0.05, 0.1) is 0 Å². The van der Waals surface area contributed by atoms with Crippen molar-refractivity contribution in [2.24, 2.45) is 0 Å². The van der Waals surface area contributed by atoms with Gasteiger partial charge >= 0.3 is 0 Å². The van der Waals surface area contributed by atoms with E-state index in [9.17, 15) is 0 Å². The number of fused-ring (bicyclic) bond motifs is 1. The molecule has 88 valence electrons. The number of rotatable bonds is 0. The number of aryl methyl sites for hydroxylation is 1. The van der Waals surface area contributed by atoms with E-state index in [-0.39, 0.29) is 0 Å². The summed E-state index contributed by atoms with van der Waals surface area (Å²) in [5.74, 6) is 0. The SMILES string of the molecule is Cc1cc2c(cc1I)C(C)(C)CCC2(C)C. The fraction of sp³-hybridized carbons (Fsp3) is 0.600. The number of hydrogen-bond acceptors (Lipinski definition) is 0. The molecule has 0 radical (unpaired) electrons. The smallest absolute Gasteiger partial charge is 0.0162 e. The molecule has 0 heterocycles. The van der Waals surface area contributed by atoms with E-state index in [4.69, 9.17) is 0 Å². The van der Waals surface area contributed by atoms with Crippen LogP contribution in [0.15, 0.2) is 12.1 Å². The van der Waals surface area contributed by atoms with Crippen LogP contribution in [0.5, 0.6) is 0 Å². The average molecular weight is 328 g/mol. The molecule has 0 aromatic heterocycles. The zero-order valence-corrected chi connectivity index (χ0v) is 13.1. The third-order valence-electron chi connectivity index (χ3n) is 4.13.